The van der Waals surface area contributed by atoms with E-state index in [1.54, 1.807) is 18.4 Å². The number of thioether (sulfide) groups is 1. The topological polar surface area (TPSA) is 77.9 Å². The number of para-hydroxylation sites is 1. The van der Waals surface area contributed by atoms with Crippen LogP contribution in [-0.4, -0.2) is 31.0 Å². The Hall–Kier alpha value is -3.78. The number of furan rings is 1. The molecule has 0 bridgehead atoms. The van der Waals surface area contributed by atoms with Crippen LogP contribution in [0.25, 0.3) is 33.4 Å². The number of anilines is 1. The molecule has 0 aliphatic rings. The lowest BCUT2D eigenvalue weighted by Gasteiger charge is -2.08. The molecule has 3 aromatic heterocycles. The summed E-state index contributed by atoms with van der Waals surface area (Å²) in [5.74, 6) is 1.34. The molecule has 0 spiro atoms. The summed E-state index contributed by atoms with van der Waals surface area (Å²) < 4.78 is 9.62. The van der Waals surface area contributed by atoms with Gasteiger partial charge in [-0.2, -0.15) is 0 Å². The van der Waals surface area contributed by atoms with Gasteiger partial charge in [0.25, 0.3) is 0 Å². The van der Waals surface area contributed by atoms with Crippen LogP contribution in [0.2, 0.25) is 0 Å². The second kappa shape index (κ2) is 8.99. The van der Waals surface area contributed by atoms with Crippen LogP contribution in [0.1, 0.15) is 6.92 Å². The van der Waals surface area contributed by atoms with Gasteiger partial charge < -0.3 is 14.3 Å². The molecule has 5 rings (SSSR count). The number of nitrogens with zero attached hydrogens (tertiary/aromatic N) is 4. The number of carbonyl (C=O) groups excluding carboxylic acids is 1. The highest BCUT2D eigenvalue weighted by Crippen LogP contribution is 2.31. The number of amides is 1. The molecule has 0 aliphatic heterocycles. The number of aryl methyl sites for hydroxylation is 1. The number of hydrogen-bond acceptors (Lipinski definition) is 5. The van der Waals surface area contributed by atoms with Gasteiger partial charge in [-0.3, -0.25) is 9.36 Å². The molecule has 8 heteroatoms. The van der Waals surface area contributed by atoms with Crippen molar-refractivity contribution in [2.45, 2.75) is 25.2 Å². The van der Waals surface area contributed by atoms with Crippen molar-refractivity contribution in [3.8, 4) is 11.6 Å². The van der Waals surface area contributed by atoms with Gasteiger partial charge in [0.1, 0.15) is 0 Å². The molecular weight excluding hydrogens is 434 g/mol. The van der Waals surface area contributed by atoms with Crippen molar-refractivity contribution in [3.63, 3.8) is 0 Å². The average molecular weight is 458 g/mol. The molecule has 0 fully saturated rings. The van der Waals surface area contributed by atoms with Crippen LogP contribution in [0.15, 0.2) is 83.1 Å². The van der Waals surface area contributed by atoms with Gasteiger partial charge in [0, 0.05) is 40.6 Å². The number of allylic oxidation sites excluding steroid dienone is 1. The van der Waals surface area contributed by atoms with E-state index in [-0.39, 0.29) is 11.7 Å². The van der Waals surface area contributed by atoms with E-state index >= 15 is 0 Å². The Kier molecular flexibility index (Phi) is 5.75. The van der Waals surface area contributed by atoms with Gasteiger partial charge in [-0.05, 0) is 43.3 Å². The molecule has 7 nitrogen and oxygen atoms in total. The van der Waals surface area contributed by atoms with Crippen molar-refractivity contribution in [1.29, 1.82) is 0 Å². The highest BCUT2D eigenvalue weighted by atomic mass is 32.2. The Morgan fingerprint density at radius 2 is 1.94 bits per heavy atom. The minimum atomic E-state index is -0.105. The second-order valence-corrected chi connectivity index (χ2v) is 8.46. The van der Waals surface area contributed by atoms with E-state index in [2.05, 4.69) is 57.8 Å². The van der Waals surface area contributed by atoms with E-state index in [0.29, 0.717) is 23.3 Å². The Labute approximate surface area is 195 Å². The maximum Gasteiger partial charge on any atom is 0.234 e. The van der Waals surface area contributed by atoms with E-state index in [4.69, 9.17) is 4.42 Å². The van der Waals surface area contributed by atoms with Gasteiger partial charge in [-0.25, -0.2) is 0 Å². The molecule has 166 valence electrons. The van der Waals surface area contributed by atoms with Crippen LogP contribution in [0.5, 0.6) is 0 Å². The van der Waals surface area contributed by atoms with Crippen molar-refractivity contribution in [3.05, 3.63) is 73.5 Å². The van der Waals surface area contributed by atoms with Crippen molar-refractivity contribution in [2.24, 2.45) is 0 Å². The van der Waals surface area contributed by atoms with Crippen LogP contribution in [0.4, 0.5) is 5.69 Å². The molecule has 3 heterocycles. The number of benzene rings is 2. The molecule has 0 aliphatic carbocycles. The van der Waals surface area contributed by atoms with Crippen LogP contribution in [0.3, 0.4) is 0 Å². The van der Waals surface area contributed by atoms with Crippen LogP contribution in [0, 0.1) is 0 Å². The standard InChI is InChI=1S/C25H23N5O2S/c1-3-13-30-24(22-10-7-14-32-22)27-28-25(30)33-16-23(31)26-17-11-12-21-19(15-17)18-8-5-6-9-20(18)29(21)4-2/h3,5-12,14-15H,1,4,13,16H2,2H3,(H,26,31). The van der Waals surface area contributed by atoms with Crippen molar-refractivity contribution in [2.75, 3.05) is 11.1 Å². The zero-order valence-corrected chi connectivity index (χ0v) is 19.0. The summed E-state index contributed by atoms with van der Waals surface area (Å²) >= 11 is 1.33. The quantitative estimate of drug-likeness (QED) is 0.243. The van der Waals surface area contributed by atoms with Crippen LogP contribution >= 0.6 is 11.8 Å². The lowest BCUT2D eigenvalue weighted by Crippen LogP contribution is -2.14. The van der Waals surface area contributed by atoms with E-state index in [1.807, 2.05) is 28.8 Å². The minimum absolute atomic E-state index is 0.105. The van der Waals surface area contributed by atoms with E-state index in [9.17, 15) is 4.79 Å². The molecule has 0 radical (unpaired) electrons. The van der Waals surface area contributed by atoms with Crippen LogP contribution in [-0.2, 0) is 17.9 Å². The van der Waals surface area contributed by atoms with Crippen molar-refractivity contribution < 1.29 is 9.21 Å². The first kappa shape index (κ1) is 21.1. The summed E-state index contributed by atoms with van der Waals surface area (Å²) in [6.45, 7) is 7.35. The summed E-state index contributed by atoms with van der Waals surface area (Å²) in [5, 5.41) is 14.4. The van der Waals surface area contributed by atoms with E-state index < -0.39 is 0 Å². The normalized spacial score (nSPS) is 11.3. The molecular formula is C25H23N5O2S. The number of carbonyl (C=O) groups is 1. The molecule has 0 saturated carbocycles. The fraction of sp³-hybridized carbons (Fsp3) is 0.160. The fourth-order valence-corrected chi connectivity index (χ4v) is 4.82. The highest BCUT2D eigenvalue weighted by molar-refractivity contribution is 7.99. The zero-order valence-electron chi connectivity index (χ0n) is 18.2. The molecule has 0 atom stereocenters. The van der Waals surface area contributed by atoms with Gasteiger partial charge >= 0.3 is 0 Å². The van der Waals surface area contributed by atoms with Crippen molar-refractivity contribution >= 4 is 45.2 Å². The number of nitrogens with one attached hydrogen (secondary N) is 1. The summed E-state index contributed by atoms with van der Waals surface area (Å²) in [6, 6.07) is 18.0. The van der Waals surface area contributed by atoms with E-state index in [1.165, 1.54) is 22.7 Å². The maximum absolute atomic E-state index is 12.7. The smallest absolute Gasteiger partial charge is 0.234 e. The van der Waals surface area contributed by atoms with Gasteiger partial charge in [-0.1, -0.05) is 36.0 Å². The highest BCUT2D eigenvalue weighted by Gasteiger charge is 2.17. The summed E-state index contributed by atoms with van der Waals surface area (Å²) in [5.41, 5.74) is 3.13. The molecule has 2 aromatic carbocycles. The minimum Gasteiger partial charge on any atom is -0.461 e. The van der Waals surface area contributed by atoms with Gasteiger partial charge in [0.2, 0.25) is 11.7 Å². The third-order valence-corrected chi connectivity index (χ3v) is 6.44. The number of fused-ring (bicyclic) bond motifs is 3. The SMILES string of the molecule is C=CCn1c(SCC(=O)Nc2ccc3c(c2)c2ccccc2n3CC)nnc1-c1ccco1. The molecule has 33 heavy (non-hydrogen) atoms. The first-order chi connectivity index (χ1) is 16.2. The van der Waals surface area contributed by atoms with Crippen molar-refractivity contribution in [1.82, 2.24) is 19.3 Å². The first-order valence-corrected chi connectivity index (χ1v) is 11.7. The Bertz CT molecular complexity index is 1450. The summed E-state index contributed by atoms with van der Waals surface area (Å²) in [7, 11) is 0. The Balaban J connectivity index is 1.34. The lowest BCUT2D eigenvalue weighted by atomic mass is 10.1. The lowest BCUT2D eigenvalue weighted by molar-refractivity contribution is -0.113. The largest absolute Gasteiger partial charge is 0.461 e. The third-order valence-electron chi connectivity index (χ3n) is 5.47. The molecule has 1 N–H and O–H groups in total. The predicted octanol–water partition coefficient (Wildman–Crippen LogP) is 5.58. The molecule has 5 aromatic rings. The molecule has 1 amide bonds. The Morgan fingerprint density at radius 3 is 2.73 bits per heavy atom. The number of rotatable bonds is 8. The third kappa shape index (κ3) is 3.93. The maximum atomic E-state index is 12.7. The predicted molar refractivity (Wildman–Crippen MR) is 132 cm³/mol. The zero-order chi connectivity index (χ0) is 22.8. The fourth-order valence-electron chi connectivity index (χ4n) is 4.08. The van der Waals surface area contributed by atoms with Gasteiger partial charge in [0.05, 0.1) is 12.0 Å². The van der Waals surface area contributed by atoms with E-state index in [0.717, 1.165) is 23.1 Å². The summed E-state index contributed by atoms with van der Waals surface area (Å²) in [6.07, 6.45) is 3.36. The number of hydrogen-bond donors (Lipinski definition) is 1. The monoisotopic (exact) mass is 457 g/mol. The van der Waals surface area contributed by atoms with Crippen LogP contribution < -0.4 is 5.32 Å². The summed E-state index contributed by atoms with van der Waals surface area (Å²) in [4.78, 5) is 12.7. The molecule has 0 unspecified atom stereocenters. The molecule has 0 saturated heterocycles. The first-order valence-electron chi connectivity index (χ1n) is 10.7. The second-order valence-electron chi connectivity index (χ2n) is 7.51. The van der Waals surface area contributed by atoms with Gasteiger partial charge in [-0.15, -0.1) is 16.8 Å². The number of aromatic nitrogens is 4. The average Bonchev–Trinajstić information content (AvgIpc) is 3.56. The van der Waals surface area contributed by atoms with Gasteiger partial charge in [0.15, 0.2) is 10.9 Å². The Morgan fingerprint density at radius 1 is 1.09 bits per heavy atom.